The Kier molecular flexibility index (Phi) is 5.03. The third kappa shape index (κ3) is 4.29. The molecule has 6 heteroatoms. The molecular formula is C14H15ClN4O. The van der Waals surface area contributed by atoms with Crippen LogP contribution < -0.4 is 11.1 Å². The van der Waals surface area contributed by atoms with Crippen molar-refractivity contribution in [2.75, 3.05) is 5.32 Å². The molecule has 0 fully saturated rings. The van der Waals surface area contributed by atoms with Gasteiger partial charge in [-0.1, -0.05) is 41.9 Å². The first kappa shape index (κ1) is 14.4. The van der Waals surface area contributed by atoms with Crippen LogP contribution in [0.1, 0.15) is 12.0 Å². The standard InChI is InChI=1S/C14H15ClN4O/c15-12-8-13(18-9-17-12)19-14(20)11(16)7-6-10-4-2-1-3-5-10/h1-5,8-9,11H,6-7,16H2,(H,17,18,19,20). The molecule has 2 rings (SSSR count). The van der Waals surface area contributed by atoms with Crippen molar-refractivity contribution in [1.82, 2.24) is 9.97 Å². The number of halogens is 1. The molecular weight excluding hydrogens is 276 g/mol. The average molecular weight is 291 g/mol. The van der Waals surface area contributed by atoms with E-state index in [1.165, 1.54) is 12.4 Å². The van der Waals surface area contributed by atoms with Crippen LogP contribution in [-0.2, 0) is 11.2 Å². The van der Waals surface area contributed by atoms with Crippen LogP contribution in [-0.4, -0.2) is 21.9 Å². The average Bonchev–Trinajstić information content (AvgIpc) is 2.46. The molecule has 0 aliphatic rings. The van der Waals surface area contributed by atoms with Gasteiger partial charge in [-0.3, -0.25) is 4.79 Å². The van der Waals surface area contributed by atoms with Crippen LogP contribution in [0.5, 0.6) is 0 Å². The fraction of sp³-hybridized carbons (Fsp3) is 0.214. The van der Waals surface area contributed by atoms with E-state index in [9.17, 15) is 4.79 Å². The van der Waals surface area contributed by atoms with Gasteiger partial charge in [0, 0.05) is 6.07 Å². The second-order valence-electron chi connectivity index (χ2n) is 4.35. The summed E-state index contributed by atoms with van der Waals surface area (Å²) >= 11 is 5.72. The Labute approximate surface area is 122 Å². The predicted molar refractivity (Wildman–Crippen MR) is 78.4 cm³/mol. The summed E-state index contributed by atoms with van der Waals surface area (Å²) in [7, 11) is 0. The molecule has 1 atom stereocenters. The van der Waals surface area contributed by atoms with Gasteiger partial charge in [0.2, 0.25) is 5.91 Å². The summed E-state index contributed by atoms with van der Waals surface area (Å²) in [6, 6.07) is 10.8. The zero-order valence-electron chi connectivity index (χ0n) is 10.8. The van der Waals surface area contributed by atoms with Crippen LogP contribution in [0, 0.1) is 0 Å². The zero-order valence-corrected chi connectivity index (χ0v) is 11.5. The lowest BCUT2D eigenvalue weighted by Crippen LogP contribution is -2.36. The highest BCUT2D eigenvalue weighted by molar-refractivity contribution is 6.29. The minimum atomic E-state index is -0.594. The van der Waals surface area contributed by atoms with Crippen LogP contribution in [0.25, 0.3) is 0 Å². The molecule has 1 unspecified atom stereocenters. The first-order chi connectivity index (χ1) is 9.65. The molecule has 0 aliphatic carbocycles. The Morgan fingerprint density at radius 1 is 1.30 bits per heavy atom. The predicted octanol–water partition coefficient (Wildman–Crippen LogP) is 2.03. The van der Waals surface area contributed by atoms with Gasteiger partial charge >= 0.3 is 0 Å². The quantitative estimate of drug-likeness (QED) is 0.826. The van der Waals surface area contributed by atoms with E-state index in [1.807, 2.05) is 30.3 Å². The highest BCUT2D eigenvalue weighted by atomic mass is 35.5. The number of nitrogens with zero attached hydrogens (tertiary/aromatic N) is 2. The van der Waals surface area contributed by atoms with Crippen molar-refractivity contribution in [3.63, 3.8) is 0 Å². The van der Waals surface area contributed by atoms with Crippen molar-refractivity contribution in [2.45, 2.75) is 18.9 Å². The minimum Gasteiger partial charge on any atom is -0.320 e. The lowest BCUT2D eigenvalue weighted by atomic mass is 10.1. The summed E-state index contributed by atoms with van der Waals surface area (Å²) in [6.07, 6.45) is 2.60. The first-order valence-electron chi connectivity index (χ1n) is 6.23. The van der Waals surface area contributed by atoms with Crippen molar-refractivity contribution in [1.29, 1.82) is 0 Å². The van der Waals surface area contributed by atoms with Gasteiger partial charge in [-0.05, 0) is 18.4 Å². The molecule has 0 saturated carbocycles. The summed E-state index contributed by atoms with van der Waals surface area (Å²) in [5.74, 6) is 0.0702. The second-order valence-corrected chi connectivity index (χ2v) is 4.73. The number of hydrogen-bond acceptors (Lipinski definition) is 4. The van der Waals surface area contributed by atoms with Gasteiger partial charge in [-0.25, -0.2) is 9.97 Å². The molecule has 0 saturated heterocycles. The van der Waals surface area contributed by atoms with E-state index >= 15 is 0 Å². The van der Waals surface area contributed by atoms with E-state index in [-0.39, 0.29) is 11.1 Å². The number of anilines is 1. The Hall–Kier alpha value is -1.98. The maximum Gasteiger partial charge on any atom is 0.242 e. The van der Waals surface area contributed by atoms with E-state index in [2.05, 4.69) is 15.3 Å². The molecule has 1 aromatic heterocycles. The van der Waals surface area contributed by atoms with Gasteiger partial charge in [0.25, 0.3) is 0 Å². The number of carbonyl (C=O) groups excluding carboxylic acids is 1. The highest BCUT2D eigenvalue weighted by Crippen LogP contribution is 2.10. The van der Waals surface area contributed by atoms with Crippen molar-refractivity contribution in [3.05, 3.63) is 53.4 Å². The third-order valence-electron chi connectivity index (χ3n) is 2.81. The highest BCUT2D eigenvalue weighted by Gasteiger charge is 2.14. The molecule has 5 nitrogen and oxygen atoms in total. The maximum atomic E-state index is 11.9. The van der Waals surface area contributed by atoms with Crippen LogP contribution >= 0.6 is 11.6 Å². The van der Waals surface area contributed by atoms with E-state index in [4.69, 9.17) is 17.3 Å². The molecule has 0 bridgehead atoms. The Balaban J connectivity index is 1.86. The fourth-order valence-electron chi connectivity index (χ4n) is 1.72. The summed E-state index contributed by atoms with van der Waals surface area (Å²) in [5, 5.41) is 2.89. The number of hydrogen-bond donors (Lipinski definition) is 2. The second kappa shape index (κ2) is 6.98. The zero-order chi connectivity index (χ0) is 14.4. The number of benzene rings is 1. The summed E-state index contributed by atoms with van der Waals surface area (Å²) in [4.78, 5) is 19.5. The monoisotopic (exact) mass is 290 g/mol. The molecule has 104 valence electrons. The molecule has 3 N–H and O–H groups in total. The largest absolute Gasteiger partial charge is 0.320 e. The lowest BCUT2D eigenvalue weighted by molar-refractivity contribution is -0.117. The minimum absolute atomic E-state index is 0.271. The molecule has 0 aliphatic heterocycles. The third-order valence-corrected chi connectivity index (χ3v) is 3.02. The smallest absolute Gasteiger partial charge is 0.242 e. The molecule has 1 heterocycles. The van der Waals surface area contributed by atoms with E-state index in [0.717, 1.165) is 12.0 Å². The maximum absolute atomic E-state index is 11.9. The molecule has 1 amide bonds. The van der Waals surface area contributed by atoms with E-state index in [0.29, 0.717) is 12.2 Å². The number of rotatable bonds is 5. The number of aryl methyl sites for hydroxylation is 1. The Morgan fingerprint density at radius 3 is 2.75 bits per heavy atom. The normalized spacial score (nSPS) is 11.9. The van der Waals surface area contributed by atoms with Crippen molar-refractivity contribution >= 4 is 23.3 Å². The molecule has 2 aromatic rings. The number of nitrogens with two attached hydrogens (primary N) is 1. The Morgan fingerprint density at radius 2 is 2.05 bits per heavy atom. The fourth-order valence-corrected chi connectivity index (χ4v) is 1.87. The van der Waals surface area contributed by atoms with Crippen LogP contribution in [0.2, 0.25) is 5.15 Å². The van der Waals surface area contributed by atoms with Crippen LogP contribution in [0.15, 0.2) is 42.7 Å². The van der Waals surface area contributed by atoms with Gasteiger partial charge in [0.05, 0.1) is 6.04 Å². The molecule has 0 radical (unpaired) electrons. The Bertz CT molecular complexity index is 576. The number of amides is 1. The number of aromatic nitrogens is 2. The molecule has 1 aromatic carbocycles. The molecule has 20 heavy (non-hydrogen) atoms. The summed E-state index contributed by atoms with van der Waals surface area (Å²) in [5.41, 5.74) is 7.02. The number of carbonyl (C=O) groups is 1. The van der Waals surface area contributed by atoms with Gasteiger partial charge in [0.15, 0.2) is 0 Å². The topological polar surface area (TPSA) is 80.9 Å². The van der Waals surface area contributed by atoms with Crippen molar-refractivity contribution in [3.8, 4) is 0 Å². The molecule has 0 spiro atoms. The summed E-state index contributed by atoms with van der Waals surface area (Å²) < 4.78 is 0. The van der Waals surface area contributed by atoms with Crippen molar-refractivity contribution < 1.29 is 4.79 Å². The SMILES string of the molecule is NC(CCc1ccccc1)C(=O)Nc1cc(Cl)ncn1. The van der Waals surface area contributed by atoms with Gasteiger partial charge in [-0.15, -0.1) is 0 Å². The van der Waals surface area contributed by atoms with E-state index < -0.39 is 6.04 Å². The van der Waals surface area contributed by atoms with E-state index in [1.54, 1.807) is 0 Å². The van der Waals surface area contributed by atoms with Gasteiger partial charge < -0.3 is 11.1 Å². The lowest BCUT2D eigenvalue weighted by Gasteiger charge is -2.11. The first-order valence-corrected chi connectivity index (χ1v) is 6.61. The van der Waals surface area contributed by atoms with Crippen molar-refractivity contribution in [2.24, 2.45) is 5.73 Å². The van der Waals surface area contributed by atoms with Crippen LogP contribution in [0.3, 0.4) is 0 Å². The van der Waals surface area contributed by atoms with Crippen LogP contribution in [0.4, 0.5) is 5.82 Å². The summed E-state index contributed by atoms with van der Waals surface area (Å²) in [6.45, 7) is 0. The van der Waals surface area contributed by atoms with Gasteiger partial charge in [0.1, 0.15) is 17.3 Å². The van der Waals surface area contributed by atoms with Gasteiger partial charge in [-0.2, -0.15) is 0 Å². The number of nitrogens with one attached hydrogen (secondary N) is 1.